The predicted molar refractivity (Wildman–Crippen MR) is 44.6 cm³/mol. The van der Waals surface area contributed by atoms with Gasteiger partial charge in [-0.3, -0.25) is 4.98 Å². The predicted octanol–water partition coefficient (Wildman–Crippen LogP) is 0.563. The number of nitrogens with two attached hydrogens (primary N) is 1. The molecule has 1 aromatic rings. The summed E-state index contributed by atoms with van der Waals surface area (Å²) < 4.78 is 5.24. The van der Waals surface area contributed by atoms with Gasteiger partial charge in [-0.05, 0) is 6.42 Å². The van der Waals surface area contributed by atoms with E-state index >= 15 is 0 Å². The number of ether oxygens (including phenoxy) is 1. The molecule has 1 unspecified atom stereocenters. The van der Waals surface area contributed by atoms with Crippen LogP contribution in [0.25, 0.3) is 0 Å². The number of hydrogen-bond donors (Lipinski definition) is 1. The Morgan fingerprint density at radius 2 is 2.42 bits per heavy atom. The van der Waals surface area contributed by atoms with Crippen molar-refractivity contribution in [2.75, 3.05) is 18.9 Å². The summed E-state index contributed by atoms with van der Waals surface area (Å²) in [4.78, 5) is 8.18. The molecule has 1 fully saturated rings. The van der Waals surface area contributed by atoms with Crippen LogP contribution in [-0.4, -0.2) is 23.2 Å². The minimum atomic E-state index is 0.390. The Hall–Kier alpha value is -1.16. The van der Waals surface area contributed by atoms with E-state index in [1.54, 1.807) is 12.4 Å². The molecular weight excluding hydrogens is 154 g/mol. The van der Waals surface area contributed by atoms with Crippen LogP contribution in [0.1, 0.15) is 18.0 Å². The minimum Gasteiger partial charge on any atom is -0.382 e. The molecule has 0 aliphatic carbocycles. The van der Waals surface area contributed by atoms with E-state index in [1.807, 2.05) is 0 Å². The molecule has 1 aromatic heterocycles. The van der Waals surface area contributed by atoms with E-state index in [2.05, 4.69) is 9.97 Å². The van der Waals surface area contributed by atoms with E-state index in [1.165, 1.54) is 0 Å². The fraction of sp³-hybridized carbons (Fsp3) is 0.500. The molecule has 0 radical (unpaired) electrons. The highest BCUT2D eigenvalue weighted by molar-refractivity contribution is 5.25. The molecule has 2 heterocycles. The Bertz CT molecular complexity index is 271. The van der Waals surface area contributed by atoms with Gasteiger partial charge in [0.05, 0.1) is 18.5 Å². The highest BCUT2D eigenvalue weighted by Gasteiger charge is 2.19. The van der Waals surface area contributed by atoms with E-state index in [9.17, 15) is 0 Å². The topological polar surface area (TPSA) is 61.0 Å². The van der Waals surface area contributed by atoms with Crippen molar-refractivity contribution in [3.63, 3.8) is 0 Å². The van der Waals surface area contributed by atoms with Gasteiger partial charge in [0.25, 0.3) is 0 Å². The largest absolute Gasteiger partial charge is 0.382 e. The van der Waals surface area contributed by atoms with Crippen LogP contribution >= 0.6 is 0 Å². The Kier molecular flexibility index (Phi) is 1.91. The highest BCUT2D eigenvalue weighted by atomic mass is 16.5. The number of aromatic nitrogens is 2. The van der Waals surface area contributed by atoms with Crippen LogP contribution in [0.2, 0.25) is 0 Å². The van der Waals surface area contributed by atoms with Crippen LogP contribution in [0.5, 0.6) is 0 Å². The summed E-state index contributed by atoms with van der Waals surface area (Å²) >= 11 is 0. The van der Waals surface area contributed by atoms with E-state index < -0.39 is 0 Å². The summed E-state index contributed by atoms with van der Waals surface area (Å²) in [7, 11) is 0. The molecule has 0 amide bonds. The fourth-order valence-corrected chi connectivity index (χ4v) is 1.36. The number of hydrogen-bond acceptors (Lipinski definition) is 4. The lowest BCUT2D eigenvalue weighted by Gasteiger charge is -2.05. The molecule has 0 bridgehead atoms. The molecule has 1 aliphatic rings. The van der Waals surface area contributed by atoms with Gasteiger partial charge in [-0.25, -0.2) is 4.98 Å². The average Bonchev–Trinajstić information content (AvgIpc) is 2.56. The normalized spacial score (nSPS) is 22.8. The number of rotatable bonds is 1. The van der Waals surface area contributed by atoms with Crippen molar-refractivity contribution in [3.05, 3.63) is 18.1 Å². The van der Waals surface area contributed by atoms with Crippen molar-refractivity contribution in [2.24, 2.45) is 0 Å². The van der Waals surface area contributed by atoms with Gasteiger partial charge in [-0.15, -0.1) is 0 Å². The number of nitrogens with zero attached hydrogens (tertiary/aromatic N) is 2. The molecule has 4 nitrogen and oxygen atoms in total. The van der Waals surface area contributed by atoms with Crippen molar-refractivity contribution in [2.45, 2.75) is 12.3 Å². The summed E-state index contributed by atoms with van der Waals surface area (Å²) in [5, 5.41) is 0. The zero-order valence-electron chi connectivity index (χ0n) is 6.73. The lowest BCUT2D eigenvalue weighted by molar-refractivity contribution is 0.193. The SMILES string of the molecule is Nc1cncc(C2CCOC2)n1. The minimum absolute atomic E-state index is 0.390. The fourth-order valence-electron chi connectivity index (χ4n) is 1.36. The molecule has 1 saturated heterocycles. The smallest absolute Gasteiger partial charge is 0.142 e. The van der Waals surface area contributed by atoms with Gasteiger partial charge in [0.1, 0.15) is 5.82 Å². The summed E-state index contributed by atoms with van der Waals surface area (Å²) in [6.45, 7) is 1.57. The molecule has 0 aromatic carbocycles. The summed E-state index contributed by atoms with van der Waals surface area (Å²) in [6, 6.07) is 0. The van der Waals surface area contributed by atoms with Crippen LogP contribution in [0, 0.1) is 0 Å². The standard InChI is InChI=1S/C8H11N3O/c9-8-4-10-3-7(11-8)6-1-2-12-5-6/h3-4,6H,1-2,5H2,(H2,9,11). The molecule has 0 spiro atoms. The molecular formula is C8H11N3O. The second-order valence-electron chi connectivity index (χ2n) is 2.93. The Morgan fingerprint density at radius 3 is 3.08 bits per heavy atom. The zero-order chi connectivity index (χ0) is 8.39. The molecule has 4 heteroatoms. The van der Waals surface area contributed by atoms with E-state index in [0.29, 0.717) is 11.7 Å². The van der Waals surface area contributed by atoms with Crippen LogP contribution in [0.4, 0.5) is 5.82 Å². The summed E-state index contributed by atoms with van der Waals surface area (Å²) in [6.07, 6.45) is 4.34. The van der Waals surface area contributed by atoms with Crippen LogP contribution in [-0.2, 0) is 4.74 Å². The Balaban J connectivity index is 2.21. The van der Waals surface area contributed by atoms with Crippen molar-refractivity contribution >= 4 is 5.82 Å². The second-order valence-corrected chi connectivity index (χ2v) is 2.93. The number of anilines is 1. The lowest BCUT2D eigenvalue weighted by atomic mass is 10.1. The van der Waals surface area contributed by atoms with Crippen molar-refractivity contribution in [3.8, 4) is 0 Å². The first-order valence-electron chi connectivity index (χ1n) is 4.01. The Morgan fingerprint density at radius 1 is 1.50 bits per heavy atom. The van der Waals surface area contributed by atoms with Gasteiger partial charge >= 0.3 is 0 Å². The van der Waals surface area contributed by atoms with E-state index in [4.69, 9.17) is 10.5 Å². The Labute approximate surface area is 70.8 Å². The molecule has 12 heavy (non-hydrogen) atoms. The monoisotopic (exact) mass is 165 g/mol. The van der Waals surface area contributed by atoms with Crippen molar-refractivity contribution in [1.29, 1.82) is 0 Å². The first-order valence-corrected chi connectivity index (χ1v) is 4.01. The quantitative estimate of drug-likeness (QED) is 0.660. The van der Waals surface area contributed by atoms with Gasteiger partial charge in [0, 0.05) is 18.7 Å². The number of nitrogen functional groups attached to an aromatic ring is 1. The molecule has 64 valence electrons. The first kappa shape index (κ1) is 7.49. The van der Waals surface area contributed by atoms with Gasteiger partial charge in [0.2, 0.25) is 0 Å². The van der Waals surface area contributed by atoms with E-state index in [0.717, 1.165) is 25.3 Å². The molecule has 0 saturated carbocycles. The van der Waals surface area contributed by atoms with Gasteiger partial charge < -0.3 is 10.5 Å². The molecule has 2 N–H and O–H groups in total. The first-order chi connectivity index (χ1) is 5.86. The van der Waals surface area contributed by atoms with Crippen molar-refractivity contribution < 1.29 is 4.74 Å². The van der Waals surface area contributed by atoms with E-state index in [-0.39, 0.29) is 0 Å². The van der Waals surface area contributed by atoms with Gasteiger partial charge in [-0.1, -0.05) is 0 Å². The third kappa shape index (κ3) is 1.38. The maximum absolute atomic E-state index is 5.51. The van der Waals surface area contributed by atoms with Crippen LogP contribution in [0.15, 0.2) is 12.4 Å². The van der Waals surface area contributed by atoms with Crippen LogP contribution in [0.3, 0.4) is 0 Å². The third-order valence-corrected chi connectivity index (χ3v) is 2.02. The molecule has 1 atom stereocenters. The zero-order valence-corrected chi connectivity index (χ0v) is 6.73. The molecule has 2 rings (SSSR count). The highest BCUT2D eigenvalue weighted by Crippen LogP contribution is 2.22. The lowest BCUT2D eigenvalue weighted by Crippen LogP contribution is -2.03. The second kappa shape index (κ2) is 3.06. The third-order valence-electron chi connectivity index (χ3n) is 2.02. The van der Waals surface area contributed by atoms with Crippen LogP contribution < -0.4 is 5.73 Å². The maximum atomic E-state index is 5.51. The van der Waals surface area contributed by atoms with Gasteiger partial charge in [-0.2, -0.15) is 0 Å². The summed E-state index contributed by atoms with van der Waals surface area (Å²) in [5.41, 5.74) is 6.46. The summed E-state index contributed by atoms with van der Waals surface area (Å²) in [5.74, 6) is 0.875. The van der Waals surface area contributed by atoms with Gasteiger partial charge in [0.15, 0.2) is 0 Å². The van der Waals surface area contributed by atoms with Crippen molar-refractivity contribution in [1.82, 2.24) is 9.97 Å². The molecule has 1 aliphatic heterocycles. The average molecular weight is 165 g/mol. The maximum Gasteiger partial charge on any atom is 0.142 e.